The zero-order chi connectivity index (χ0) is 10.0. The SMILES string of the molecule is O=C1C[C@H]2C[C@@H]3C[C@H](C2)C2(OCCO2)C13. The van der Waals surface area contributed by atoms with Crippen molar-refractivity contribution in [3.8, 4) is 0 Å². The highest BCUT2D eigenvalue weighted by atomic mass is 16.7. The van der Waals surface area contributed by atoms with Crippen molar-refractivity contribution >= 4 is 5.78 Å². The van der Waals surface area contributed by atoms with Crippen molar-refractivity contribution in [1.82, 2.24) is 0 Å². The second-order valence-electron chi connectivity index (χ2n) is 5.60. The van der Waals surface area contributed by atoms with Crippen LogP contribution in [0.15, 0.2) is 0 Å². The van der Waals surface area contributed by atoms with Gasteiger partial charge in [-0.1, -0.05) is 0 Å². The van der Waals surface area contributed by atoms with Crippen LogP contribution in [0, 0.1) is 23.7 Å². The number of carbonyl (C=O) groups excluding carboxylic acids is 1. The van der Waals surface area contributed by atoms with Gasteiger partial charge in [0.1, 0.15) is 5.78 Å². The van der Waals surface area contributed by atoms with Gasteiger partial charge >= 0.3 is 0 Å². The van der Waals surface area contributed by atoms with Crippen molar-refractivity contribution in [2.24, 2.45) is 23.7 Å². The highest BCUT2D eigenvalue weighted by molar-refractivity contribution is 5.84. The van der Waals surface area contributed by atoms with Gasteiger partial charge in [0.25, 0.3) is 0 Å². The Labute approximate surface area is 89.1 Å². The van der Waals surface area contributed by atoms with Crippen LogP contribution in [0.1, 0.15) is 25.7 Å². The lowest BCUT2D eigenvalue weighted by Crippen LogP contribution is -2.44. The van der Waals surface area contributed by atoms with Crippen molar-refractivity contribution in [1.29, 1.82) is 0 Å². The van der Waals surface area contributed by atoms with Crippen LogP contribution in [0.4, 0.5) is 0 Å². The zero-order valence-corrected chi connectivity index (χ0v) is 8.78. The van der Waals surface area contributed by atoms with E-state index in [0.29, 0.717) is 36.8 Å². The molecule has 3 bridgehead atoms. The maximum absolute atomic E-state index is 12.1. The Morgan fingerprint density at radius 3 is 2.73 bits per heavy atom. The molecule has 3 saturated carbocycles. The first-order chi connectivity index (χ1) is 7.29. The topological polar surface area (TPSA) is 35.5 Å². The van der Waals surface area contributed by atoms with Crippen LogP contribution in [0.25, 0.3) is 0 Å². The van der Waals surface area contributed by atoms with E-state index in [1.807, 2.05) is 0 Å². The summed E-state index contributed by atoms with van der Waals surface area (Å²) in [7, 11) is 0. The van der Waals surface area contributed by atoms with E-state index in [1.165, 1.54) is 6.42 Å². The van der Waals surface area contributed by atoms with Crippen molar-refractivity contribution < 1.29 is 14.3 Å². The summed E-state index contributed by atoms with van der Waals surface area (Å²) in [6, 6.07) is 0. The number of fused-ring (bicyclic) bond motifs is 4. The minimum Gasteiger partial charge on any atom is -0.346 e. The summed E-state index contributed by atoms with van der Waals surface area (Å²) in [5.41, 5.74) is 0. The molecule has 3 nitrogen and oxygen atoms in total. The highest BCUT2D eigenvalue weighted by Gasteiger charge is 2.66. The number of carbonyl (C=O) groups is 1. The molecule has 3 aliphatic carbocycles. The Morgan fingerprint density at radius 1 is 1.13 bits per heavy atom. The second kappa shape index (κ2) is 2.64. The zero-order valence-electron chi connectivity index (χ0n) is 8.78. The van der Waals surface area contributed by atoms with E-state index in [9.17, 15) is 4.79 Å². The second-order valence-corrected chi connectivity index (χ2v) is 5.60. The van der Waals surface area contributed by atoms with Gasteiger partial charge in [-0.15, -0.1) is 0 Å². The molecule has 1 spiro atoms. The monoisotopic (exact) mass is 208 g/mol. The first-order valence-corrected chi connectivity index (χ1v) is 6.10. The van der Waals surface area contributed by atoms with Gasteiger partial charge in [-0.3, -0.25) is 4.79 Å². The Balaban J connectivity index is 1.83. The third-order valence-corrected chi connectivity index (χ3v) is 4.89. The number of Topliss-reactive ketones (excluding diaryl/α,β-unsaturated/α-hetero) is 1. The van der Waals surface area contributed by atoms with Crippen LogP contribution >= 0.6 is 0 Å². The predicted molar refractivity (Wildman–Crippen MR) is 52.1 cm³/mol. The van der Waals surface area contributed by atoms with Gasteiger partial charge < -0.3 is 9.47 Å². The summed E-state index contributed by atoms with van der Waals surface area (Å²) in [5, 5.41) is 0. The van der Waals surface area contributed by atoms with Gasteiger partial charge in [0.05, 0.1) is 19.1 Å². The fourth-order valence-corrected chi connectivity index (χ4v) is 4.59. The predicted octanol–water partition coefficient (Wildman–Crippen LogP) is 1.36. The molecule has 1 saturated heterocycles. The summed E-state index contributed by atoms with van der Waals surface area (Å²) >= 11 is 0. The third kappa shape index (κ3) is 0.918. The average molecular weight is 208 g/mol. The molecule has 1 unspecified atom stereocenters. The Morgan fingerprint density at radius 2 is 1.93 bits per heavy atom. The first kappa shape index (κ1) is 8.71. The molecular weight excluding hydrogens is 192 g/mol. The molecule has 1 heterocycles. The molecule has 0 radical (unpaired) electrons. The molecular formula is C12H16O3. The van der Waals surface area contributed by atoms with Crippen molar-refractivity contribution in [2.75, 3.05) is 13.2 Å². The van der Waals surface area contributed by atoms with Crippen LogP contribution in [-0.2, 0) is 14.3 Å². The normalized spacial score (nSPS) is 50.5. The van der Waals surface area contributed by atoms with E-state index in [-0.39, 0.29) is 5.92 Å². The number of rotatable bonds is 0. The number of hydrogen-bond donors (Lipinski definition) is 0. The van der Waals surface area contributed by atoms with Gasteiger partial charge in [-0.2, -0.15) is 0 Å². The molecule has 0 aromatic heterocycles. The molecule has 0 aromatic rings. The van der Waals surface area contributed by atoms with E-state index in [1.54, 1.807) is 0 Å². The number of hydrogen-bond acceptors (Lipinski definition) is 3. The van der Waals surface area contributed by atoms with Crippen LogP contribution in [0.5, 0.6) is 0 Å². The minimum atomic E-state index is -0.479. The molecule has 3 heteroatoms. The molecule has 4 aliphatic rings. The standard InChI is InChI=1S/C12H16O3/c13-10-5-7-3-8-6-9(4-7)12(11(8)10)14-1-2-15-12/h7-9,11H,1-6H2/t7-,8+,9-,11?/m0/s1. The number of ether oxygens (including phenoxy) is 2. The molecule has 15 heavy (non-hydrogen) atoms. The van der Waals surface area contributed by atoms with E-state index >= 15 is 0 Å². The van der Waals surface area contributed by atoms with Gasteiger partial charge in [0, 0.05) is 12.3 Å². The van der Waals surface area contributed by atoms with Gasteiger partial charge in [-0.05, 0) is 31.1 Å². The van der Waals surface area contributed by atoms with Gasteiger partial charge in [0.2, 0.25) is 0 Å². The molecule has 4 atom stereocenters. The summed E-state index contributed by atoms with van der Waals surface area (Å²) in [6.07, 6.45) is 4.33. The molecule has 1 aliphatic heterocycles. The largest absolute Gasteiger partial charge is 0.346 e. The van der Waals surface area contributed by atoms with E-state index in [0.717, 1.165) is 19.3 Å². The Hall–Kier alpha value is -0.410. The van der Waals surface area contributed by atoms with E-state index < -0.39 is 5.79 Å². The summed E-state index contributed by atoms with van der Waals surface area (Å²) in [5.74, 6) is 1.70. The van der Waals surface area contributed by atoms with Gasteiger partial charge in [-0.25, -0.2) is 0 Å². The smallest absolute Gasteiger partial charge is 0.181 e. The molecule has 0 amide bonds. The van der Waals surface area contributed by atoms with E-state index in [2.05, 4.69) is 0 Å². The summed E-state index contributed by atoms with van der Waals surface area (Å²) in [6.45, 7) is 1.36. The quantitative estimate of drug-likeness (QED) is 0.603. The molecule has 4 rings (SSSR count). The molecule has 0 aromatic carbocycles. The van der Waals surface area contributed by atoms with Crippen LogP contribution in [0.2, 0.25) is 0 Å². The highest BCUT2D eigenvalue weighted by Crippen LogP contribution is 2.61. The van der Waals surface area contributed by atoms with Crippen LogP contribution in [0.3, 0.4) is 0 Å². The number of ketones is 1. The summed E-state index contributed by atoms with van der Waals surface area (Å²) in [4.78, 5) is 12.1. The lowest BCUT2D eigenvalue weighted by molar-refractivity contribution is -0.208. The maximum Gasteiger partial charge on any atom is 0.181 e. The lowest BCUT2D eigenvalue weighted by Gasteiger charge is -2.33. The summed E-state index contributed by atoms with van der Waals surface area (Å²) < 4.78 is 11.7. The lowest BCUT2D eigenvalue weighted by atomic mass is 9.72. The van der Waals surface area contributed by atoms with Crippen LogP contribution in [-0.4, -0.2) is 24.8 Å². The maximum atomic E-state index is 12.1. The molecule has 4 fully saturated rings. The van der Waals surface area contributed by atoms with Crippen LogP contribution < -0.4 is 0 Å². The average Bonchev–Trinajstić information content (AvgIpc) is 2.71. The van der Waals surface area contributed by atoms with Crippen molar-refractivity contribution in [3.63, 3.8) is 0 Å². The minimum absolute atomic E-state index is 0.0729. The van der Waals surface area contributed by atoms with E-state index in [4.69, 9.17) is 9.47 Å². The fraction of sp³-hybridized carbons (Fsp3) is 0.917. The first-order valence-electron chi connectivity index (χ1n) is 6.10. The Bertz CT molecular complexity index is 319. The molecule has 0 N–H and O–H groups in total. The fourth-order valence-electron chi connectivity index (χ4n) is 4.59. The van der Waals surface area contributed by atoms with Gasteiger partial charge in [0.15, 0.2) is 5.79 Å². The van der Waals surface area contributed by atoms with Crippen molar-refractivity contribution in [2.45, 2.75) is 31.5 Å². The molecule has 82 valence electrons. The third-order valence-electron chi connectivity index (χ3n) is 4.89. The van der Waals surface area contributed by atoms with Crippen molar-refractivity contribution in [3.05, 3.63) is 0 Å². The Kier molecular flexibility index (Phi) is 1.53.